The number of benzene rings is 2. The minimum atomic E-state index is -0.537. The summed E-state index contributed by atoms with van der Waals surface area (Å²) in [7, 11) is 3.28. The number of allylic oxidation sites excluding steroid dienone is 5. The number of para-hydroxylation sites is 1. The summed E-state index contributed by atoms with van der Waals surface area (Å²) in [6.07, 6.45) is 5.83. The minimum Gasteiger partial charge on any atom is -0.492 e. The molecule has 0 unspecified atom stereocenters. The molecule has 6 nitrogen and oxygen atoms in total. The van der Waals surface area contributed by atoms with Crippen molar-refractivity contribution < 1.29 is 14.5 Å². The van der Waals surface area contributed by atoms with Crippen LogP contribution < -0.4 is 4.90 Å². The van der Waals surface area contributed by atoms with Gasteiger partial charge in [0.15, 0.2) is 5.76 Å². The first-order valence-corrected chi connectivity index (χ1v) is 9.02. The van der Waals surface area contributed by atoms with E-state index in [-0.39, 0.29) is 22.8 Å². The maximum Gasteiger partial charge on any atom is 0.274 e. The number of nitro groups is 1. The van der Waals surface area contributed by atoms with Crippen LogP contribution in [0, 0.1) is 10.1 Å². The summed E-state index contributed by atoms with van der Waals surface area (Å²) in [4.78, 5) is 25.3. The number of nitrogens with zero attached hydrogens (tertiary/aromatic N) is 2. The molecule has 0 saturated heterocycles. The third kappa shape index (κ3) is 3.14. The van der Waals surface area contributed by atoms with Gasteiger partial charge in [-0.2, -0.15) is 0 Å². The highest BCUT2D eigenvalue weighted by molar-refractivity contribution is 6.10. The average molecular weight is 386 g/mol. The van der Waals surface area contributed by atoms with Crippen molar-refractivity contribution >= 4 is 17.2 Å². The number of Topliss-reactive ketones (excluding diaryl/α,β-unsaturated/α-hetero) is 1. The summed E-state index contributed by atoms with van der Waals surface area (Å²) in [5, 5.41) is 11.2. The highest BCUT2D eigenvalue weighted by Gasteiger charge is 2.26. The number of carbonyl (C=O) groups excluding carboxylic acids is 1. The Balaban J connectivity index is 1.84. The van der Waals surface area contributed by atoms with Gasteiger partial charge in [0, 0.05) is 41.2 Å². The van der Waals surface area contributed by atoms with E-state index in [1.54, 1.807) is 6.08 Å². The number of hydrogen-bond acceptors (Lipinski definition) is 5. The van der Waals surface area contributed by atoms with Gasteiger partial charge in [0.05, 0.1) is 18.1 Å². The van der Waals surface area contributed by atoms with Gasteiger partial charge in [-0.3, -0.25) is 14.9 Å². The van der Waals surface area contributed by atoms with Gasteiger partial charge in [-0.15, -0.1) is 0 Å². The van der Waals surface area contributed by atoms with Gasteiger partial charge in [0.2, 0.25) is 5.78 Å². The standard InChI is InChI=1S/C23H18N2O4/c1-24-20-10-6-5-9-18(20)17-7-3-4-8-19(17)21(24)12-11-15-13-16(25(27)28)14-22(29-2)23(15)26/h3-14H,1-2H3/b15-11-,21-12+. The van der Waals surface area contributed by atoms with E-state index in [9.17, 15) is 14.9 Å². The SMILES string of the molecule is COC1=CC([N+](=O)[O-])=C/C(=C/C=C2\c3ccccc3-c3ccccc3N2C)C1=O. The van der Waals surface area contributed by atoms with Crippen LogP contribution >= 0.6 is 0 Å². The largest absolute Gasteiger partial charge is 0.492 e. The Kier molecular flexibility index (Phi) is 4.60. The van der Waals surface area contributed by atoms with Gasteiger partial charge >= 0.3 is 0 Å². The lowest BCUT2D eigenvalue weighted by Gasteiger charge is -2.32. The maximum absolute atomic E-state index is 12.6. The van der Waals surface area contributed by atoms with Gasteiger partial charge in [-0.05, 0) is 23.8 Å². The molecule has 2 aromatic carbocycles. The normalized spacial score (nSPS) is 18.1. The number of ether oxygens (including phenoxy) is 1. The third-order valence-corrected chi connectivity index (χ3v) is 5.04. The van der Waals surface area contributed by atoms with Gasteiger partial charge in [0.1, 0.15) is 0 Å². The minimum absolute atomic E-state index is 0.0494. The second-order valence-corrected chi connectivity index (χ2v) is 6.66. The molecular formula is C23H18N2O4. The maximum atomic E-state index is 12.6. The fourth-order valence-corrected chi connectivity index (χ4v) is 3.61. The van der Waals surface area contributed by atoms with Crippen molar-refractivity contribution in [2.24, 2.45) is 0 Å². The fraction of sp³-hybridized carbons (Fsp3) is 0.0870. The van der Waals surface area contributed by atoms with Crippen LogP contribution in [-0.2, 0) is 9.53 Å². The summed E-state index contributed by atoms with van der Waals surface area (Å²) < 4.78 is 5.02. The molecule has 0 amide bonds. The quantitative estimate of drug-likeness (QED) is 0.446. The van der Waals surface area contributed by atoms with Crippen LogP contribution in [0.2, 0.25) is 0 Å². The topological polar surface area (TPSA) is 72.7 Å². The van der Waals surface area contributed by atoms with Crippen LogP contribution in [0.3, 0.4) is 0 Å². The molecule has 0 aromatic heterocycles. The van der Waals surface area contributed by atoms with Crippen molar-refractivity contribution in [1.82, 2.24) is 0 Å². The van der Waals surface area contributed by atoms with E-state index in [0.29, 0.717) is 0 Å². The summed E-state index contributed by atoms with van der Waals surface area (Å²) in [6.45, 7) is 0. The number of carbonyl (C=O) groups is 1. The van der Waals surface area contributed by atoms with Crippen molar-refractivity contribution in [3.05, 3.63) is 106 Å². The van der Waals surface area contributed by atoms with E-state index in [0.717, 1.165) is 34.2 Å². The Morgan fingerprint density at radius 1 is 0.966 bits per heavy atom. The summed E-state index contributed by atoms with van der Waals surface area (Å²) >= 11 is 0. The van der Waals surface area contributed by atoms with Crippen LogP contribution in [-0.4, -0.2) is 24.9 Å². The van der Waals surface area contributed by atoms with Gasteiger partial charge in [0.25, 0.3) is 5.70 Å². The zero-order chi connectivity index (χ0) is 20.5. The smallest absolute Gasteiger partial charge is 0.274 e. The zero-order valence-corrected chi connectivity index (χ0v) is 16.0. The van der Waals surface area contributed by atoms with E-state index in [4.69, 9.17) is 4.74 Å². The van der Waals surface area contributed by atoms with Gasteiger partial charge in [-0.1, -0.05) is 42.5 Å². The van der Waals surface area contributed by atoms with Gasteiger partial charge in [-0.25, -0.2) is 0 Å². The number of rotatable bonds is 3. The summed E-state index contributed by atoms with van der Waals surface area (Å²) in [5.41, 5.74) is 5.20. The fourth-order valence-electron chi connectivity index (χ4n) is 3.61. The molecule has 2 aliphatic rings. The van der Waals surface area contributed by atoms with Crippen molar-refractivity contribution in [1.29, 1.82) is 0 Å². The Labute approximate surface area is 167 Å². The first-order valence-electron chi connectivity index (χ1n) is 9.02. The highest BCUT2D eigenvalue weighted by Crippen LogP contribution is 2.43. The van der Waals surface area contributed by atoms with E-state index < -0.39 is 4.92 Å². The molecule has 144 valence electrons. The van der Waals surface area contributed by atoms with Crippen molar-refractivity contribution in [3.8, 4) is 11.1 Å². The van der Waals surface area contributed by atoms with Crippen LogP contribution in [0.15, 0.2) is 89.9 Å². The molecule has 29 heavy (non-hydrogen) atoms. The first kappa shape index (κ1) is 18.4. The number of hydrogen-bond donors (Lipinski definition) is 0. The van der Waals surface area contributed by atoms with Crippen LogP contribution in [0.1, 0.15) is 5.56 Å². The van der Waals surface area contributed by atoms with E-state index in [2.05, 4.69) is 12.1 Å². The predicted molar refractivity (Wildman–Crippen MR) is 112 cm³/mol. The molecule has 1 heterocycles. The number of anilines is 1. The van der Waals surface area contributed by atoms with Crippen molar-refractivity contribution in [2.75, 3.05) is 19.1 Å². The monoisotopic (exact) mass is 386 g/mol. The van der Waals surface area contributed by atoms with Gasteiger partial charge < -0.3 is 9.64 Å². The van der Waals surface area contributed by atoms with Crippen molar-refractivity contribution in [3.63, 3.8) is 0 Å². The number of methoxy groups -OCH3 is 1. The third-order valence-electron chi connectivity index (χ3n) is 5.04. The molecule has 0 saturated carbocycles. The molecule has 2 aromatic rings. The van der Waals surface area contributed by atoms with E-state index in [1.165, 1.54) is 13.2 Å². The number of ketones is 1. The second kappa shape index (κ2) is 7.24. The Hall–Kier alpha value is -3.93. The van der Waals surface area contributed by atoms with Crippen molar-refractivity contribution in [2.45, 2.75) is 0 Å². The van der Waals surface area contributed by atoms with E-state index >= 15 is 0 Å². The molecule has 0 spiro atoms. The molecule has 1 aliphatic carbocycles. The predicted octanol–water partition coefficient (Wildman–Crippen LogP) is 4.34. The zero-order valence-electron chi connectivity index (χ0n) is 16.0. The lowest BCUT2D eigenvalue weighted by molar-refractivity contribution is -0.419. The van der Waals surface area contributed by atoms with E-state index in [1.807, 2.05) is 54.4 Å². The Morgan fingerprint density at radius 3 is 2.31 bits per heavy atom. The van der Waals surface area contributed by atoms with Crippen LogP contribution in [0.5, 0.6) is 0 Å². The summed E-state index contributed by atoms with van der Waals surface area (Å²) in [6, 6.07) is 16.1. The highest BCUT2D eigenvalue weighted by atomic mass is 16.6. The lowest BCUT2D eigenvalue weighted by atomic mass is 9.91. The second-order valence-electron chi connectivity index (χ2n) is 6.66. The average Bonchev–Trinajstić information content (AvgIpc) is 2.74. The van der Waals surface area contributed by atoms with Crippen LogP contribution in [0.25, 0.3) is 16.8 Å². The molecule has 4 rings (SSSR count). The first-order chi connectivity index (χ1) is 14.0. The molecule has 0 radical (unpaired) electrons. The molecule has 0 N–H and O–H groups in total. The Bertz CT molecular complexity index is 1150. The number of fused-ring (bicyclic) bond motifs is 3. The molecular weight excluding hydrogens is 368 g/mol. The lowest BCUT2D eigenvalue weighted by Crippen LogP contribution is -2.20. The molecule has 0 bridgehead atoms. The summed E-state index contributed by atoms with van der Waals surface area (Å²) in [5.74, 6) is -0.436. The van der Waals surface area contributed by atoms with Crippen LogP contribution in [0.4, 0.5) is 5.69 Å². The molecule has 6 heteroatoms. The Morgan fingerprint density at radius 2 is 1.62 bits per heavy atom. The molecule has 1 aliphatic heterocycles. The molecule has 0 fully saturated rings. The molecule has 0 atom stereocenters.